The Morgan fingerprint density at radius 3 is 1.59 bits per heavy atom. The average molecular weight is 294 g/mol. The minimum atomic E-state index is -0.629. The second kappa shape index (κ2) is 5.53. The highest BCUT2D eigenvalue weighted by molar-refractivity contribution is 5.71. The summed E-state index contributed by atoms with van der Waals surface area (Å²) in [4.78, 5) is 0. The summed E-state index contributed by atoms with van der Waals surface area (Å²) in [6.45, 7) is 1.85. The molecule has 0 amide bonds. The van der Waals surface area contributed by atoms with Gasteiger partial charge in [0, 0.05) is 0 Å². The molecule has 0 saturated carbocycles. The van der Waals surface area contributed by atoms with E-state index in [4.69, 9.17) is 0 Å². The number of benzene rings is 3. The van der Waals surface area contributed by atoms with Gasteiger partial charge >= 0.3 is 0 Å². The smallest absolute Gasteiger partial charge is 0.165 e. The molecule has 22 heavy (non-hydrogen) atoms. The summed E-state index contributed by atoms with van der Waals surface area (Å²) in [7, 11) is 0. The van der Waals surface area contributed by atoms with E-state index < -0.39 is 5.82 Å². The van der Waals surface area contributed by atoms with Gasteiger partial charge in [-0.05, 0) is 59.0 Å². The molecule has 0 fully saturated rings. The molecule has 0 atom stereocenters. The van der Waals surface area contributed by atoms with Crippen molar-refractivity contribution >= 4 is 0 Å². The summed E-state index contributed by atoms with van der Waals surface area (Å²) in [6, 6.07) is 17.5. The zero-order valence-corrected chi connectivity index (χ0v) is 12.0. The third kappa shape index (κ3) is 2.66. The van der Waals surface area contributed by atoms with Gasteiger partial charge in [-0.2, -0.15) is 0 Å². The van der Waals surface area contributed by atoms with Gasteiger partial charge in [-0.15, -0.1) is 0 Å². The van der Waals surface area contributed by atoms with E-state index >= 15 is 0 Å². The predicted molar refractivity (Wildman–Crippen MR) is 85.3 cm³/mol. The van der Waals surface area contributed by atoms with Gasteiger partial charge < -0.3 is 10.2 Å². The predicted octanol–water partition coefficient (Wildman–Crippen LogP) is 4.88. The fraction of sp³-hybridized carbons (Fsp3) is 0.0526. The number of phenolic OH excluding ortho intramolecular Hbond substituents is 2. The highest BCUT2D eigenvalue weighted by Crippen LogP contribution is 2.29. The van der Waals surface area contributed by atoms with Crippen molar-refractivity contribution in [3.05, 3.63) is 72.0 Å². The maximum atomic E-state index is 13.4. The quantitative estimate of drug-likeness (QED) is 0.707. The molecule has 0 spiro atoms. The molecular weight excluding hydrogens is 279 g/mol. The van der Waals surface area contributed by atoms with Crippen LogP contribution < -0.4 is 0 Å². The first kappa shape index (κ1) is 14.1. The molecule has 3 rings (SSSR count). The van der Waals surface area contributed by atoms with Gasteiger partial charge in [-0.3, -0.25) is 0 Å². The van der Waals surface area contributed by atoms with E-state index in [1.807, 2.05) is 43.3 Å². The topological polar surface area (TPSA) is 40.5 Å². The standard InChI is InChI=1S/C19H15FO2/c1-12-10-15(6-8-18(12)21)13-2-4-14(5-3-13)16-7-9-19(22)17(20)11-16/h2-11,21-22H,1H3. The molecule has 0 radical (unpaired) electrons. The van der Waals surface area contributed by atoms with E-state index in [1.54, 1.807) is 12.1 Å². The van der Waals surface area contributed by atoms with Crippen LogP contribution in [0.15, 0.2) is 60.7 Å². The van der Waals surface area contributed by atoms with Crippen LogP contribution in [0.5, 0.6) is 11.5 Å². The summed E-state index contributed by atoms with van der Waals surface area (Å²) in [5.74, 6) is -0.699. The molecule has 0 heterocycles. The van der Waals surface area contributed by atoms with Crippen molar-refractivity contribution < 1.29 is 14.6 Å². The highest BCUT2D eigenvalue weighted by Gasteiger charge is 2.05. The van der Waals surface area contributed by atoms with Gasteiger partial charge in [0.1, 0.15) is 5.75 Å². The minimum Gasteiger partial charge on any atom is -0.508 e. The molecule has 2 N–H and O–H groups in total. The summed E-state index contributed by atoms with van der Waals surface area (Å²) in [6.07, 6.45) is 0. The van der Waals surface area contributed by atoms with Crippen molar-refractivity contribution in [2.45, 2.75) is 6.92 Å². The molecule has 3 aromatic carbocycles. The number of hydrogen-bond acceptors (Lipinski definition) is 2. The van der Waals surface area contributed by atoms with Crippen molar-refractivity contribution in [1.29, 1.82) is 0 Å². The number of rotatable bonds is 2. The molecular formula is C19H15FO2. The van der Waals surface area contributed by atoms with Crippen molar-refractivity contribution in [3.63, 3.8) is 0 Å². The van der Waals surface area contributed by atoms with Crippen LogP contribution in [0.25, 0.3) is 22.3 Å². The lowest BCUT2D eigenvalue weighted by atomic mass is 9.99. The average Bonchev–Trinajstić information content (AvgIpc) is 2.53. The lowest BCUT2D eigenvalue weighted by molar-refractivity contribution is 0.432. The van der Waals surface area contributed by atoms with Crippen molar-refractivity contribution in [3.8, 4) is 33.8 Å². The van der Waals surface area contributed by atoms with Crippen molar-refractivity contribution in [1.82, 2.24) is 0 Å². The molecule has 3 aromatic rings. The molecule has 3 heteroatoms. The SMILES string of the molecule is Cc1cc(-c2ccc(-c3ccc(O)c(F)c3)cc2)ccc1O. The molecule has 0 saturated heterocycles. The third-order valence-electron chi connectivity index (χ3n) is 3.70. The Bertz CT molecular complexity index is 753. The molecule has 0 unspecified atom stereocenters. The first-order valence-corrected chi connectivity index (χ1v) is 6.93. The molecule has 0 aliphatic carbocycles. The van der Waals surface area contributed by atoms with Crippen LogP contribution in [-0.4, -0.2) is 10.2 Å². The molecule has 0 aromatic heterocycles. The molecule has 0 aliphatic rings. The van der Waals surface area contributed by atoms with Gasteiger partial charge in [-0.25, -0.2) is 4.39 Å². The summed E-state index contributed by atoms with van der Waals surface area (Å²) >= 11 is 0. The van der Waals surface area contributed by atoms with Crippen LogP contribution in [-0.2, 0) is 0 Å². The lowest BCUT2D eigenvalue weighted by Gasteiger charge is -2.07. The van der Waals surface area contributed by atoms with E-state index in [-0.39, 0.29) is 11.5 Å². The summed E-state index contributed by atoms with van der Waals surface area (Å²) < 4.78 is 13.4. The number of hydrogen-bond donors (Lipinski definition) is 2. The second-order valence-electron chi connectivity index (χ2n) is 5.24. The van der Waals surface area contributed by atoms with Crippen LogP contribution in [0.4, 0.5) is 4.39 Å². The maximum absolute atomic E-state index is 13.4. The fourth-order valence-corrected chi connectivity index (χ4v) is 2.38. The lowest BCUT2D eigenvalue weighted by Crippen LogP contribution is -1.83. The van der Waals surface area contributed by atoms with Crippen molar-refractivity contribution in [2.75, 3.05) is 0 Å². The van der Waals surface area contributed by atoms with E-state index in [9.17, 15) is 14.6 Å². The largest absolute Gasteiger partial charge is 0.508 e. The monoisotopic (exact) mass is 294 g/mol. The minimum absolute atomic E-state index is 0.278. The second-order valence-corrected chi connectivity index (χ2v) is 5.24. The maximum Gasteiger partial charge on any atom is 0.165 e. The van der Waals surface area contributed by atoms with Gasteiger partial charge in [0.05, 0.1) is 0 Å². The first-order valence-electron chi connectivity index (χ1n) is 6.93. The third-order valence-corrected chi connectivity index (χ3v) is 3.70. The number of halogens is 1. The van der Waals surface area contributed by atoms with Gasteiger partial charge in [0.2, 0.25) is 0 Å². The van der Waals surface area contributed by atoms with Gasteiger partial charge in [0.25, 0.3) is 0 Å². The van der Waals surface area contributed by atoms with Crippen LogP contribution >= 0.6 is 0 Å². The first-order chi connectivity index (χ1) is 10.5. The van der Waals surface area contributed by atoms with Crippen LogP contribution in [0.2, 0.25) is 0 Å². The van der Waals surface area contributed by atoms with E-state index in [0.29, 0.717) is 5.56 Å². The van der Waals surface area contributed by atoms with E-state index in [0.717, 1.165) is 22.3 Å². The Kier molecular flexibility index (Phi) is 3.55. The highest BCUT2D eigenvalue weighted by atomic mass is 19.1. The molecule has 0 aliphatic heterocycles. The van der Waals surface area contributed by atoms with Crippen molar-refractivity contribution in [2.24, 2.45) is 0 Å². The van der Waals surface area contributed by atoms with Crippen LogP contribution in [0.1, 0.15) is 5.56 Å². The van der Waals surface area contributed by atoms with Gasteiger partial charge in [-0.1, -0.05) is 36.4 Å². The molecule has 0 bridgehead atoms. The Hall–Kier alpha value is -2.81. The van der Waals surface area contributed by atoms with Crippen LogP contribution in [0, 0.1) is 12.7 Å². The number of aryl methyl sites for hydroxylation is 1. The Morgan fingerprint density at radius 2 is 1.09 bits per heavy atom. The zero-order chi connectivity index (χ0) is 15.7. The zero-order valence-electron chi connectivity index (χ0n) is 12.0. The van der Waals surface area contributed by atoms with Gasteiger partial charge in [0.15, 0.2) is 11.6 Å². The van der Waals surface area contributed by atoms with E-state index in [2.05, 4.69) is 0 Å². The molecule has 110 valence electrons. The van der Waals surface area contributed by atoms with Crippen LogP contribution in [0.3, 0.4) is 0 Å². The van der Waals surface area contributed by atoms with E-state index in [1.165, 1.54) is 12.1 Å². The summed E-state index contributed by atoms with van der Waals surface area (Å²) in [5.41, 5.74) is 4.44. The molecule has 2 nitrogen and oxygen atoms in total. The normalized spacial score (nSPS) is 10.6. The fourth-order valence-electron chi connectivity index (χ4n) is 2.38. The Morgan fingerprint density at radius 1 is 0.636 bits per heavy atom. The summed E-state index contributed by atoms with van der Waals surface area (Å²) in [5, 5.41) is 18.8. The number of phenols is 2. The Balaban J connectivity index is 1.95. The Labute approximate surface area is 128 Å². The number of aromatic hydroxyl groups is 2.